The van der Waals surface area contributed by atoms with Crippen molar-refractivity contribution in [1.82, 2.24) is 15.0 Å². The first kappa shape index (κ1) is 39.6. The van der Waals surface area contributed by atoms with E-state index in [-0.39, 0.29) is 0 Å². The van der Waals surface area contributed by atoms with Crippen LogP contribution in [0.4, 0.5) is 0 Å². The second kappa shape index (κ2) is 17.2. The zero-order valence-corrected chi connectivity index (χ0v) is 36.4. The van der Waals surface area contributed by atoms with E-state index in [1.807, 2.05) is 60.7 Å². The maximum atomic E-state index is 6.43. The van der Waals surface area contributed by atoms with Gasteiger partial charge in [-0.15, -0.1) is 0 Å². The van der Waals surface area contributed by atoms with Crippen molar-refractivity contribution in [3.05, 3.63) is 249 Å². The molecule has 2 heterocycles. The first-order valence-electron chi connectivity index (χ1n) is 22.6. The highest BCUT2D eigenvalue weighted by molar-refractivity contribution is 6.09. The summed E-state index contributed by atoms with van der Waals surface area (Å²) in [4.78, 5) is 15.2. The molecule has 0 radical (unpaired) electrons. The van der Waals surface area contributed by atoms with Crippen molar-refractivity contribution in [3.63, 3.8) is 0 Å². The third-order valence-corrected chi connectivity index (χ3v) is 12.6. The van der Waals surface area contributed by atoms with Crippen molar-refractivity contribution in [2.24, 2.45) is 0 Å². The molecule has 0 saturated carbocycles. The average Bonchev–Trinajstić information content (AvgIpc) is 3.81. The molecule has 0 spiro atoms. The monoisotopic (exact) mass is 855 g/mol. The van der Waals surface area contributed by atoms with Gasteiger partial charge in [-0.25, -0.2) is 15.0 Å². The number of hydrogen-bond donors (Lipinski definition) is 0. The molecule has 4 heteroatoms. The largest absolute Gasteiger partial charge is 0.455 e. The molecule has 0 unspecified atom stereocenters. The second-order valence-corrected chi connectivity index (χ2v) is 16.7. The molecule has 0 N–H and O–H groups in total. The van der Waals surface area contributed by atoms with E-state index in [0.717, 1.165) is 55.3 Å². The zero-order valence-electron chi connectivity index (χ0n) is 36.4. The van der Waals surface area contributed by atoms with Crippen molar-refractivity contribution >= 4 is 21.9 Å². The Bertz CT molecular complexity index is 3680. The summed E-state index contributed by atoms with van der Waals surface area (Å²) in [5.74, 6) is 1.76. The molecule has 67 heavy (non-hydrogen) atoms. The molecule has 0 atom stereocenters. The number of fused-ring (bicyclic) bond motifs is 3. The quantitative estimate of drug-likeness (QED) is 0.145. The van der Waals surface area contributed by atoms with Crippen LogP contribution in [0.2, 0.25) is 0 Å². The summed E-state index contributed by atoms with van der Waals surface area (Å²) < 4.78 is 6.43. The number of nitrogens with zero attached hydrogens (tertiary/aromatic N) is 3. The Balaban J connectivity index is 0.966. The summed E-state index contributed by atoms with van der Waals surface area (Å²) in [5, 5.41) is 2.09. The summed E-state index contributed by atoms with van der Waals surface area (Å²) in [6.07, 6.45) is 0. The summed E-state index contributed by atoms with van der Waals surface area (Å²) >= 11 is 0. The van der Waals surface area contributed by atoms with Gasteiger partial charge < -0.3 is 4.42 Å². The topological polar surface area (TPSA) is 51.8 Å². The standard InChI is InChI=1S/C63H41N3O/c1-6-19-44(20-7-1)54-41-55(58(47-23-10-3-11-24-47)59(48-25-12-4-13-26-48)57(54)46-21-8-2-9-22-46)45-37-33-42(34-38-45)43-35-39-50(40-36-43)62-64-61(49-27-14-5-15-28-49)65-63(66-62)53-31-18-30-52-51-29-16-17-32-56(51)67-60(52)53/h1-41H. The smallest absolute Gasteiger partial charge is 0.167 e. The molecule has 0 bridgehead atoms. The van der Waals surface area contributed by atoms with Crippen LogP contribution in [-0.2, 0) is 0 Å². The molecule has 2 aromatic heterocycles. The minimum absolute atomic E-state index is 0.561. The Morgan fingerprint density at radius 2 is 0.612 bits per heavy atom. The summed E-state index contributed by atoms with van der Waals surface area (Å²) in [6.45, 7) is 0. The lowest BCUT2D eigenvalue weighted by Gasteiger charge is -2.24. The molecule has 0 aliphatic heterocycles. The number of rotatable bonds is 9. The molecule has 314 valence electrons. The third-order valence-electron chi connectivity index (χ3n) is 12.6. The fourth-order valence-corrected chi connectivity index (χ4v) is 9.38. The second-order valence-electron chi connectivity index (χ2n) is 16.7. The molecule has 0 amide bonds. The summed E-state index contributed by atoms with van der Waals surface area (Å²) in [5.41, 5.74) is 18.2. The molecule has 10 aromatic carbocycles. The number of furan rings is 1. The van der Waals surface area contributed by atoms with Gasteiger partial charge in [0.2, 0.25) is 0 Å². The first-order valence-corrected chi connectivity index (χ1v) is 22.6. The predicted octanol–water partition coefficient (Wildman–Crippen LogP) is 16.8. The van der Waals surface area contributed by atoms with Gasteiger partial charge in [0, 0.05) is 21.9 Å². The van der Waals surface area contributed by atoms with E-state index < -0.39 is 0 Å². The minimum Gasteiger partial charge on any atom is -0.455 e. The highest BCUT2D eigenvalue weighted by atomic mass is 16.3. The highest BCUT2D eigenvalue weighted by Crippen LogP contribution is 2.50. The van der Waals surface area contributed by atoms with Crippen molar-refractivity contribution in [2.45, 2.75) is 0 Å². The molecule has 0 aliphatic rings. The van der Waals surface area contributed by atoms with Crippen LogP contribution in [0.25, 0.3) is 123 Å². The molecule has 12 aromatic rings. The van der Waals surface area contributed by atoms with Crippen LogP contribution in [0.15, 0.2) is 253 Å². The molecule has 12 rings (SSSR count). The van der Waals surface area contributed by atoms with E-state index in [9.17, 15) is 0 Å². The molecule has 0 fully saturated rings. The number of benzene rings is 10. The van der Waals surface area contributed by atoms with E-state index in [2.05, 4.69) is 188 Å². The van der Waals surface area contributed by atoms with Crippen LogP contribution < -0.4 is 0 Å². The lowest BCUT2D eigenvalue weighted by atomic mass is 9.79. The number of aromatic nitrogens is 3. The van der Waals surface area contributed by atoms with Gasteiger partial charge in [-0.3, -0.25) is 0 Å². The van der Waals surface area contributed by atoms with Crippen molar-refractivity contribution in [1.29, 1.82) is 0 Å². The normalized spacial score (nSPS) is 11.3. The van der Waals surface area contributed by atoms with Crippen molar-refractivity contribution < 1.29 is 4.42 Å². The molecular formula is C63H41N3O. The molecule has 0 aliphatic carbocycles. The zero-order chi connectivity index (χ0) is 44.5. The van der Waals surface area contributed by atoms with Crippen LogP contribution in [0, 0.1) is 0 Å². The average molecular weight is 856 g/mol. The predicted molar refractivity (Wildman–Crippen MR) is 276 cm³/mol. The van der Waals surface area contributed by atoms with E-state index >= 15 is 0 Å². The van der Waals surface area contributed by atoms with Gasteiger partial charge in [-0.2, -0.15) is 0 Å². The third kappa shape index (κ3) is 7.47. The molecule has 4 nitrogen and oxygen atoms in total. The van der Waals surface area contributed by atoms with Gasteiger partial charge in [0.05, 0.1) is 5.56 Å². The van der Waals surface area contributed by atoms with Gasteiger partial charge in [-0.05, 0) is 85.0 Å². The van der Waals surface area contributed by atoms with Gasteiger partial charge in [0.15, 0.2) is 17.5 Å². The van der Waals surface area contributed by atoms with E-state index in [1.54, 1.807) is 0 Å². The van der Waals surface area contributed by atoms with Crippen LogP contribution in [0.3, 0.4) is 0 Å². The van der Waals surface area contributed by atoms with Crippen LogP contribution in [0.5, 0.6) is 0 Å². The fraction of sp³-hybridized carbons (Fsp3) is 0. The van der Waals surface area contributed by atoms with E-state index in [4.69, 9.17) is 19.4 Å². The van der Waals surface area contributed by atoms with Crippen LogP contribution in [0.1, 0.15) is 0 Å². The Morgan fingerprint density at radius 3 is 1.15 bits per heavy atom. The first-order chi connectivity index (χ1) is 33.2. The maximum Gasteiger partial charge on any atom is 0.167 e. The molecular weight excluding hydrogens is 815 g/mol. The highest BCUT2D eigenvalue weighted by Gasteiger charge is 2.24. The summed E-state index contributed by atoms with van der Waals surface area (Å²) in [6, 6.07) is 87.5. The fourth-order valence-electron chi connectivity index (χ4n) is 9.38. The number of hydrogen-bond acceptors (Lipinski definition) is 4. The SMILES string of the molecule is c1ccc(-c2nc(-c3ccc(-c4ccc(-c5cc(-c6ccccc6)c(-c6ccccc6)c(-c6ccccc6)c5-c5ccccc5)cc4)cc3)nc(-c3cccc4c3oc3ccccc34)n2)cc1. The Morgan fingerprint density at radius 1 is 0.239 bits per heavy atom. The van der Waals surface area contributed by atoms with Gasteiger partial charge >= 0.3 is 0 Å². The Kier molecular flexibility index (Phi) is 10.2. The number of para-hydroxylation sites is 2. The van der Waals surface area contributed by atoms with Crippen LogP contribution in [-0.4, -0.2) is 15.0 Å². The lowest BCUT2D eigenvalue weighted by Crippen LogP contribution is -2.00. The van der Waals surface area contributed by atoms with Crippen LogP contribution >= 0.6 is 0 Å². The minimum atomic E-state index is 0.561. The molecule has 0 saturated heterocycles. The van der Waals surface area contributed by atoms with Crippen molar-refractivity contribution in [3.8, 4) is 101 Å². The summed E-state index contributed by atoms with van der Waals surface area (Å²) in [7, 11) is 0. The van der Waals surface area contributed by atoms with E-state index in [1.165, 1.54) is 50.1 Å². The van der Waals surface area contributed by atoms with Gasteiger partial charge in [0.1, 0.15) is 11.2 Å². The van der Waals surface area contributed by atoms with Gasteiger partial charge in [-0.1, -0.05) is 231 Å². The Hall–Kier alpha value is -8.99. The van der Waals surface area contributed by atoms with Gasteiger partial charge in [0.25, 0.3) is 0 Å². The van der Waals surface area contributed by atoms with E-state index in [0.29, 0.717) is 17.5 Å². The lowest BCUT2D eigenvalue weighted by molar-refractivity contribution is 0.669. The Labute approximate surface area is 389 Å². The van der Waals surface area contributed by atoms with Crippen molar-refractivity contribution in [2.75, 3.05) is 0 Å². The maximum absolute atomic E-state index is 6.43.